The Kier molecular flexibility index (Phi) is 5.56. The van der Waals surface area contributed by atoms with E-state index >= 15 is 0 Å². The van der Waals surface area contributed by atoms with Crippen LogP contribution in [0.4, 0.5) is 10.3 Å². The van der Waals surface area contributed by atoms with Gasteiger partial charge in [0.25, 0.3) is 0 Å². The van der Waals surface area contributed by atoms with Crippen LogP contribution in [0.15, 0.2) is 30.6 Å². The van der Waals surface area contributed by atoms with Gasteiger partial charge < -0.3 is 14.8 Å². The lowest BCUT2D eigenvalue weighted by molar-refractivity contribution is 0.221. The van der Waals surface area contributed by atoms with Gasteiger partial charge in [0.15, 0.2) is 5.82 Å². The number of hydrogen-bond donors (Lipinski definition) is 1. The van der Waals surface area contributed by atoms with Crippen LogP contribution in [-0.2, 0) is 0 Å². The summed E-state index contributed by atoms with van der Waals surface area (Å²) >= 11 is 0. The average molecular weight is 450 g/mol. The van der Waals surface area contributed by atoms with Crippen molar-refractivity contribution in [3.05, 3.63) is 42.2 Å². The molecule has 0 bridgehead atoms. The minimum atomic E-state index is -0.308. The molecular weight excluding hydrogens is 417 g/mol. The highest BCUT2D eigenvalue weighted by Crippen LogP contribution is 2.32. The number of fused-ring (bicyclic) bond motifs is 2. The Hall–Kier alpha value is -3.00. The Morgan fingerprint density at radius 3 is 2.58 bits per heavy atom. The molecule has 0 saturated heterocycles. The van der Waals surface area contributed by atoms with Crippen LogP contribution in [0.3, 0.4) is 0 Å². The summed E-state index contributed by atoms with van der Waals surface area (Å²) in [6.07, 6.45) is 8.33. The van der Waals surface area contributed by atoms with Gasteiger partial charge in [0.2, 0.25) is 5.95 Å². The lowest BCUT2D eigenvalue weighted by Gasteiger charge is -2.32. The van der Waals surface area contributed by atoms with Crippen molar-refractivity contribution < 1.29 is 4.39 Å². The van der Waals surface area contributed by atoms with Crippen LogP contribution in [0.5, 0.6) is 0 Å². The summed E-state index contributed by atoms with van der Waals surface area (Å²) in [5.74, 6) is 1.14. The van der Waals surface area contributed by atoms with E-state index in [2.05, 4.69) is 57.8 Å². The highest BCUT2D eigenvalue weighted by Gasteiger charge is 2.23. The molecule has 0 unspecified atom stereocenters. The van der Waals surface area contributed by atoms with E-state index in [-0.39, 0.29) is 11.9 Å². The average Bonchev–Trinajstić information content (AvgIpc) is 3.34. The molecule has 174 valence electrons. The molecule has 1 aliphatic carbocycles. The van der Waals surface area contributed by atoms with Gasteiger partial charge in [-0.05, 0) is 84.3 Å². The maximum Gasteiger partial charge on any atom is 0.241 e. The van der Waals surface area contributed by atoms with E-state index in [9.17, 15) is 4.39 Å². The van der Waals surface area contributed by atoms with Crippen molar-refractivity contribution in [2.24, 2.45) is 0 Å². The Labute approximate surface area is 193 Å². The predicted octanol–water partition coefficient (Wildman–Crippen LogP) is 5.06. The van der Waals surface area contributed by atoms with E-state index in [0.717, 1.165) is 40.8 Å². The maximum atomic E-state index is 15.0. The first-order valence-electron chi connectivity index (χ1n) is 11.8. The topological polar surface area (TPSA) is 63.3 Å². The first-order valence-corrected chi connectivity index (χ1v) is 11.8. The van der Waals surface area contributed by atoms with Gasteiger partial charge in [-0.2, -0.15) is 0 Å². The summed E-state index contributed by atoms with van der Waals surface area (Å²) in [6, 6.07) is 6.80. The number of nitrogens with zero attached hydrogens (tertiary/aromatic N) is 6. The lowest BCUT2D eigenvalue weighted by atomic mass is 9.91. The molecule has 1 aromatic carbocycles. The fourth-order valence-electron chi connectivity index (χ4n) is 5.21. The van der Waals surface area contributed by atoms with Gasteiger partial charge in [-0.3, -0.25) is 0 Å². The molecule has 33 heavy (non-hydrogen) atoms. The second-order valence-corrected chi connectivity index (χ2v) is 9.70. The van der Waals surface area contributed by atoms with Crippen molar-refractivity contribution in [3.63, 3.8) is 0 Å². The Morgan fingerprint density at radius 1 is 1.12 bits per heavy atom. The monoisotopic (exact) mass is 449 g/mol. The molecule has 0 aliphatic heterocycles. The van der Waals surface area contributed by atoms with Crippen molar-refractivity contribution in [2.45, 2.75) is 64.6 Å². The normalized spacial score (nSPS) is 19.3. The standard InChI is InChI=1S/C25H32FN7/c1-15(2)33-16(3)28-24-21(26)12-17(13-22(24)33)20-10-11-32-23(20)14-27-25(30-32)29-18-6-8-19(9-7-18)31(4)5/h10-15,18-19H,6-9H2,1-5H3,(H,29,30)/t18-,19-. The third-order valence-electron chi connectivity index (χ3n) is 6.93. The molecule has 0 atom stereocenters. The highest BCUT2D eigenvalue weighted by molar-refractivity contribution is 5.88. The molecular formula is C25H32FN7. The number of aryl methyl sites for hydroxylation is 1. The lowest BCUT2D eigenvalue weighted by Crippen LogP contribution is -2.36. The van der Waals surface area contributed by atoms with E-state index in [1.807, 2.05) is 36.0 Å². The molecule has 8 heteroatoms. The van der Waals surface area contributed by atoms with Crippen LogP contribution in [0.1, 0.15) is 51.4 Å². The molecule has 3 aromatic heterocycles. The number of aromatic nitrogens is 5. The molecule has 1 N–H and O–H groups in total. The van der Waals surface area contributed by atoms with Crippen LogP contribution < -0.4 is 5.32 Å². The van der Waals surface area contributed by atoms with Crippen molar-refractivity contribution in [1.29, 1.82) is 0 Å². The molecule has 4 aromatic rings. The number of benzene rings is 1. The predicted molar refractivity (Wildman–Crippen MR) is 130 cm³/mol. The molecule has 1 fully saturated rings. The van der Waals surface area contributed by atoms with Crippen LogP contribution in [-0.4, -0.2) is 55.2 Å². The summed E-state index contributed by atoms with van der Waals surface area (Å²) in [7, 11) is 4.31. The molecule has 0 radical (unpaired) electrons. The Bertz CT molecular complexity index is 1300. The summed E-state index contributed by atoms with van der Waals surface area (Å²) in [4.78, 5) is 11.3. The van der Waals surface area contributed by atoms with Gasteiger partial charge >= 0.3 is 0 Å². The summed E-state index contributed by atoms with van der Waals surface area (Å²) in [5.41, 5.74) is 3.78. The number of nitrogens with one attached hydrogen (secondary N) is 1. The number of rotatable bonds is 5. The molecule has 5 rings (SSSR count). The van der Waals surface area contributed by atoms with Gasteiger partial charge in [0.05, 0.1) is 17.2 Å². The quantitative estimate of drug-likeness (QED) is 0.461. The van der Waals surface area contributed by atoms with Crippen LogP contribution in [0.2, 0.25) is 0 Å². The fourth-order valence-corrected chi connectivity index (χ4v) is 5.21. The van der Waals surface area contributed by atoms with Crippen LogP contribution in [0, 0.1) is 12.7 Å². The van der Waals surface area contributed by atoms with Gasteiger partial charge in [-0.1, -0.05) is 0 Å². The Morgan fingerprint density at radius 2 is 1.88 bits per heavy atom. The van der Waals surface area contributed by atoms with E-state index in [0.29, 0.717) is 23.5 Å². The SMILES string of the molecule is Cc1nc2c(F)cc(-c3ccn4nc(N[C@H]5CC[C@H](N(C)C)CC5)ncc34)cc2n1C(C)C. The zero-order chi connectivity index (χ0) is 23.3. The van der Waals surface area contributed by atoms with Crippen molar-refractivity contribution in [3.8, 4) is 11.1 Å². The van der Waals surface area contributed by atoms with Gasteiger partial charge in [0, 0.05) is 29.9 Å². The summed E-state index contributed by atoms with van der Waals surface area (Å²) in [6.45, 7) is 6.09. The molecule has 7 nitrogen and oxygen atoms in total. The van der Waals surface area contributed by atoms with Crippen molar-refractivity contribution in [1.82, 2.24) is 29.0 Å². The third kappa shape index (κ3) is 3.97. The summed E-state index contributed by atoms with van der Waals surface area (Å²) < 4.78 is 18.9. The second-order valence-electron chi connectivity index (χ2n) is 9.70. The van der Waals surface area contributed by atoms with E-state index in [1.54, 1.807) is 6.07 Å². The molecule has 0 amide bonds. The first kappa shape index (κ1) is 21.8. The fraction of sp³-hybridized carbons (Fsp3) is 0.480. The van der Waals surface area contributed by atoms with Crippen molar-refractivity contribution >= 4 is 22.5 Å². The van der Waals surface area contributed by atoms with E-state index in [1.165, 1.54) is 12.8 Å². The number of imidazole rings is 1. The van der Waals surface area contributed by atoms with E-state index < -0.39 is 0 Å². The van der Waals surface area contributed by atoms with Gasteiger partial charge in [-0.15, -0.1) is 5.10 Å². The first-order chi connectivity index (χ1) is 15.8. The molecule has 0 spiro atoms. The van der Waals surface area contributed by atoms with Gasteiger partial charge in [-0.25, -0.2) is 18.9 Å². The van der Waals surface area contributed by atoms with Crippen LogP contribution >= 0.6 is 0 Å². The van der Waals surface area contributed by atoms with Crippen LogP contribution in [0.25, 0.3) is 27.7 Å². The molecule has 1 saturated carbocycles. The number of hydrogen-bond acceptors (Lipinski definition) is 5. The zero-order valence-corrected chi connectivity index (χ0v) is 20.0. The largest absolute Gasteiger partial charge is 0.350 e. The van der Waals surface area contributed by atoms with E-state index in [4.69, 9.17) is 0 Å². The smallest absolute Gasteiger partial charge is 0.241 e. The highest BCUT2D eigenvalue weighted by atomic mass is 19.1. The number of anilines is 1. The minimum absolute atomic E-state index is 0.195. The molecule has 3 heterocycles. The second kappa shape index (κ2) is 8.41. The maximum absolute atomic E-state index is 15.0. The third-order valence-corrected chi connectivity index (χ3v) is 6.93. The van der Waals surface area contributed by atoms with Crippen molar-refractivity contribution in [2.75, 3.05) is 19.4 Å². The summed E-state index contributed by atoms with van der Waals surface area (Å²) in [5, 5.41) is 8.18. The minimum Gasteiger partial charge on any atom is -0.350 e. The van der Waals surface area contributed by atoms with Gasteiger partial charge in [0.1, 0.15) is 11.3 Å². The Balaban J connectivity index is 1.44. The number of halogens is 1. The molecule has 1 aliphatic rings. The zero-order valence-electron chi connectivity index (χ0n) is 20.0.